The molecule has 0 amide bonds. The predicted octanol–water partition coefficient (Wildman–Crippen LogP) is 3.06. The van der Waals surface area contributed by atoms with Gasteiger partial charge in [-0.15, -0.1) is 0 Å². The van der Waals surface area contributed by atoms with Gasteiger partial charge in [-0.05, 0) is 13.8 Å². The molecule has 1 unspecified atom stereocenters. The molecule has 0 bridgehead atoms. The van der Waals surface area contributed by atoms with Crippen molar-refractivity contribution in [2.75, 3.05) is 6.61 Å². The van der Waals surface area contributed by atoms with Crippen LogP contribution in [-0.4, -0.2) is 17.8 Å². The number of aliphatic hydroxyl groups is 1. The Morgan fingerprint density at radius 2 is 1.88 bits per heavy atom. The van der Waals surface area contributed by atoms with Crippen molar-refractivity contribution in [2.24, 2.45) is 0 Å². The summed E-state index contributed by atoms with van der Waals surface area (Å²) in [5.41, 5.74) is 0.242. The third-order valence-corrected chi connectivity index (χ3v) is 1.85. The van der Waals surface area contributed by atoms with Crippen molar-refractivity contribution >= 4 is 0 Å². The Balaban J connectivity index is 0.00000106. The number of benzene rings is 1. The van der Waals surface area contributed by atoms with Crippen LogP contribution in [0.2, 0.25) is 0 Å². The SMILES string of the molecule is CC.Cc1c(F)cc(F)cc1OC(C)CO. The fraction of sp³-hybridized carbons (Fsp3) is 0.500. The largest absolute Gasteiger partial charge is 0.488 e. The lowest BCUT2D eigenvalue weighted by Gasteiger charge is -2.14. The van der Waals surface area contributed by atoms with Crippen LogP contribution in [0, 0.1) is 18.6 Å². The molecule has 1 aromatic rings. The molecule has 4 heteroatoms. The Hall–Kier alpha value is -1.16. The summed E-state index contributed by atoms with van der Waals surface area (Å²) in [5, 5.41) is 8.71. The van der Waals surface area contributed by atoms with Gasteiger partial charge in [0.1, 0.15) is 23.5 Å². The summed E-state index contributed by atoms with van der Waals surface area (Å²) >= 11 is 0. The molecular formula is C12H18F2O2. The molecule has 0 fully saturated rings. The zero-order valence-electron chi connectivity index (χ0n) is 10.1. The van der Waals surface area contributed by atoms with Crippen molar-refractivity contribution in [3.8, 4) is 5.75 Å². The van der Waals surface area contributed by atoms with Crippen molar-refractivity contribution in [3.05, 3.63) is 29.3 Å². The molecule has 0 saturated heterocycles. The Morgan fingerprint density at radius 1 is 1.31 bits per heavy atom. The van der Waals surface area contributed by atoms with Crippen LogP contribution in [0.4, 0.5) is 8.78 Å². The molecule has 1 rings (SSSR count). The van der Waals surface area contributed by atoms with Crippen LogP contribution < -0.4 is 4.74 Å². The van der Waals surface area contributed by atoms with Gasteiger partial charge in [-0.3, -0.25) is 0 Å². The van der Waals surface area contributed by atoms with E-state index < -0.39 is 17.7 Å². The van der Waals surface area contributed by atoms with E-state index in [4.69, 9.17) is 9.84 Å². The van der Waals surface area contributed by atoms with Gasteiger partial charge in [0.25, 0.3) is 0 Å². The molecule has 0 aromatic heterocycles. The monoisotopic (exact) mass is 232 g/mol. The maximum Gasteiger partial charge on any atom is 0.132 e. The van der Waals surface area contributed by atoms with Crippen LogP contribution in [-0.2, 0) is 0 Å². The second-order valence-corrected chi connectivity index (χ2v) is 3.12. The van der Waals surface area contributed by atoms with Gasteiger partial charge in [0, 0.05) is 17.7 Å². The van der Waals surface area contributed by atoms with E-state index in [9.17, 15) is 8.78 Å². The first-order valence-corrected chi connectivity index (χ1v) is 5.27. The van der Waals surface area contributed by atoms with Gasteiger partial charge in [0.2, 0.25) is 0 Å². The Morgan fingerprint density at radius 3 is 2.38 bits per heavy atom. The normalized spacial score (nSPS) is 11.4. The molecule has 0 aliphatic carbocycles. The highest BCUT2D eigenvalue weighted by molar-refractivity contribution is 5.34. The van der Waals surface area contributed by atoms with Crippen molar-refractivity contribution in [2.45, 2.75) is 33.8 Å². The van der Waals surface area contributed by atoms with E-state index in [0.717, 1.165) is 12.1 Å². The third-order valence-electron chi connectivity index (χ3n) is 1.85. The molecule has 0 aliphatic rings. The van der Waals surface area contributed by atoms with Gasteiger partial charge in [-0.1, -0.05) is 13.8 Å². The van der Waals surface area contributed by atoms with E-state index in [2.05, 4.69) is 0 Å². The summed E-state index contributed by atoms with van der Waals surface area (Å²) in [6.07, 6.45) is -0.477. The molecule has 1 N–H and O–H groups in total. The summed E-state index contributed by atoms with van der Waals surface area (Å²) in [6.45, 7) is 6.91. The summed E-state index contributed by atoms with van der Waals surface area (Å²) in [4.78, 5) is 0. The summed E-state index contributed by atoms with van der Waals surface area (Å²) in [6, 6.07) is 1.90. The molecule has 1 aromatic carbocycles. The lowest BCUT2D eigenvalue weighted by atomic mass is 10.2. The molecule has 0 radical (unpaired) electrons. The Kier molecular flexibility index (Phi) is 6.65. The third kappa shape index (κ3) is 4.14. The van der Waals surface area contributed by atoms with Crippen LogP contribution in [0.1, 0.15) is 26.3 Å². The van der Waals surface area contributed by atoms with E-state index in [1.54, 1.807) is 6.92 Å². The average Bonchev–Trinajstić information content (AvgIpc) is 2.27. The number of halogens is 2. The second-order valence-electron chi connectivity index (χ2n) is 3.12. The minimum Gasteiger partial charge on any atom is -0.488 e. The molecule has 0 saturated carbocycles. The van der Waals surface area contributed by atoms with E-state index in [0.29, 0.717) is 0 Å². The highest BCUT2D eigenvalue weighted by Crippen LogP contribution is 2.23. The lowest BCUT2D eigenvalue weighted by Crippen LogP contribution is -2.17. The minimum absolute atomic E-state index is 0.129. The van der Waals surface area contributed by atoms with Gasteiger partial charge in [0.05, 0.1) is 6.61 Å². The summed E-state index contributed by atoms with van der Waals surface area (Å²) in [5.74, 6) is -1.21. The number of aliphatic hydroxyl groups excluding tert-OH is 1. The van der Waals surface area contributed by atoms with Crippen molar-refractivity contribution in [1.82, 2.24) is 0 Å². The van der Waals surface area contributed by atoms with Crippen LogP contribution in [0.15, 0.2) is 12.1 Å². The zero-order valence-corrected chi connectivity index (χ0v) is 10.1. The lowest BCUT2D eigenvalue weighted by molar-refractivity contribution is 0.128. The van der Waals surface area contributed by atoms with Crippen molar-refractivity contribution < 1.29 is 18.6 Å². The first kappa shape index (κ1) is 14.8. The average molecular weight is 232 g/mol. The Labute approximate surface area is 94.9 Å². The summed E-state index contributed by atoms with van der Waals surface area (Å²) < 4.78 is 30.9. The molecule has 92 valence electrons. The maximum absolute atomic E-state index is 13.0. The van der Waals surface area contributed by atoms with Crippen LogP contribution in [0.25, 0.3) is 0 Å². The summed E-state index contributed by atoms with van der Waals surface area (Å²) in [7, 11) is 0. The maximum atomic E-state index is 13.0. The molecule has 2 nitrogen and oxygen atoms in total. The van der Waals surface area contributed by atoms with E-state index in [1.807, 2.05) is 13.8 Å². The van der Waals surface area contributed by atoms with E-state index >= 15 is 0 Å². The first-order valence-electron chi connectivity index (χ1n) is 5.27. The minimum atomic E-state index is -0.687. The van der Waals surface area contributed by atoms with Gasteiger partial charge in [0.15, 0.2) is 0 Å². The molecule has 0 heterocycles. The zero-order chi connectivity index (χ0) is 12.7. The molecule has 1 atom stereocenters. The highest BCUT2D eigenvalue weighted by Gasteiger charge is 2.10. The second kappa shape index (κ2) is 7.17. The number of hydrogen-bond donors (Lipinski definition) is 1. The van der Waals surface area contributed by atoms with Crippen LogP contribution in [0.5, 0.6) is 5.75 Å². The highest BCUT2D eigenvalue weighted by atomic mass is 19.1. The van der Waals surface area contributed by atoms with Crippen LogP contribution in [0.3, 0.4) is 0 Å². The van der Waals surface area contributed by atoms with Gasteiger partial charge >= 0.3 is 0 Å². The van der Waals surface area contributed by atoms with E-state index in [1.165, 1.54) is 6.92 Å². The first-order chi connectivity index (χ1) is 7.54. The van der Waals surface area contributed by atoms with Gasteiger partial charge in [-0.25, -0.2) is 8.78 Å². The molecule has 16 heavy (non-hydrogen) atoms. The fourth-order valence-corrected chi connectivity index (χ4v) is 0.999. The van der Waals surface area contributed by atoms with Crippen molar-refractivity contribution in [1.29, 1.82) is 0 Å². The quantitative estimate of drug-likeness (QED) is 0.867. The number of ether oxygens (including phenoxy) is 1. The number of hydrogen-bond acceptors (Lipinski definition) is 2. The van der Waals surface area contributed by atoms with E-state index in [-0.39, 0.29) is 17.9 Å². The predicted molar refractivity (Wildman–Crippen MR) is 59.6 cm³/mol. The number of rotatable bonds is 3. The molecule has 0 aliphatic heterocycles. The standard InChI is InChI=1S/C10H12F2O2.C2H6/c1-6(5-13)14-10-4-8(11)3-9(12)7(10)2;1-2/h3-4,6,13H,5H2,1-2H3;1-2H3. The molecule has 0 spiro atoms. The molecular weight excluding hydrogens is 214 g/mol. The Bertz CT molecular complexity index is 327. The smallest absolute Gasteiger partial charge is 0.132 e. The fourth-order valence-electron chi connectivity index (χ4n) is 0.999. The topological polar surface area (TPSA) is 29.5 Å². The van der Waals surface area contributed by atoms with Crippen molar-refractivity contribution in [3.63, 3.8) is 0 Å². The van der Waals surface area contributed by atoms with Gasteiger partial charge in [-0.2, -0.15) is 0 Å². The van der Waals surface area contributed by atoms with Gasteiger partial charge < -0.3 is 9.84 Å². The van der Waals surface area contributed by atoms with Crippen LogP contribution >= 0.6 is 0 Å².